The fourth-order valence-corrected chi connectivity index (χ4v) is 1.88. The van der Waals surface area contributed by atoms with Crippen molar-refractivity contribution in [3.63, 3.8) is 0 Å². The molecule has 0 aliphatic rings. The fourth-order valence-electron chi connectivity index (χ4n) is 1.88. The Kier molecular flexibility index (Phi) is 4.18. The minimum atomic E-state index is -1.63. The van der Waals surface area contributed by atoms with Crippen molar-refractivity contribution in [2.75, 3.05) is 5.73 Å². The van der Waals surface area contributed by atoms with E-state index in [1.807, 2.05) is 12.1 Å². The summed E-state index contributed by atoms with van der Waals surface area (Å²) in [5.41, 5.74) is 7.75. The van der Waals surface area contributed by atoms with Crippen LogP contribution in [0.25, 0.3) is 0 Å². The molecule has 0 spiro atoms. The third-order valence-corrected chi connectivity index (χ3v) is 2.93. The highest BCUT2D eigenvalue weighted by molar-refractivity contribution is 6.37. The molecule has 0 saturated heterocycles. The summed E-state index contributed by atoms with van der Waals surface area (Å²) in [7, 11) is 0. The van der Waals surface area contributed by atoms with Crippen LogP contribution in [0.15, 0.2) is 41.0 Å². The van der Waals surface area contributed by atoms with E-state index in [1.165, 1.54) is 6.26 Å². The second-order valence-electron chi connectivity index (χ2n) is 4.52. The van der Waals surface area contributed by atoms with Crippen LogP contribution in [0.5, 0.6) is 0 Å². The number of carbonyl (C=O) groups excluding carboxylic acids is 2. The fraction of sp³-hybridized carbons (Fsp3) is 0.133. The van der Waals surface area contributed by atoms with Crippen molar-refractivity contribution in [3.05, 3.63) is 53.5 Å². The number of benzene rings is 1. The summed E-state index contributed by atoms with van der Waals surface area (Å²) < 4.78 is 5.08. The lowest BCUT2D eigenvalue weighted by Gasteiger charge is -2.02. The molecule has 0 aliphatic carbocycles. The zero-order valence-corrected chi connectivity index (χ0v) is 11.0. The van der Waals surface area contributed by atoms with Crippen molar-refractivity contribution in [1.82, 2.24) is 0 Å². The highest BCUT2D eigenvalue weighted by atomic mass is 16.4. The van der Waals surface area contributed by atoms with Crippen LogP contribution in [0.3, 0.4) is 0 Å². The van der Waals surface area contributed by atoms with E-state index in [0.29, 0.717) is 17.7 Å². The van der Waals surface area contributed by atoms with E-state index in [1.54, 1.807) is 18.2 Å². The van der Waals surface area contributed by atoms with Gasteiger partial charge >= 0.3 is 5.97 Å². The van der Waals surface area contributed by atoms with Crippen LogP contribution in [-0.4, -0.2) is 22.6 Å². The lowest BCUT2D eigenvalue weighted by atomic mass is 10.0. The van der Waals surface area contributed by atoms with Crippen molar-refractivity contribution in [3.8, 4) is 0 Å². The number of hydrogen-bond acceptors (Lipinski definition) is 5. The molecular weight excluding hydrogens is 274 g/mol. The number of aliphatic carboxylic acids is 1. The molecule has 0 bridgehead atoms. The Balaban J connectivity index is 2.14. The SMILES string of the molecule is Nc1ccc(Cc2ccoc2C(=O)CC(=O)C(=O)O)cc1. The molecule has 108 valence electrons. The number of carboxylic acids is 1. The van der Waals surface area contributed by atoms with E-state index in [2.05, 4.69) is 0 Å². The Labute approximate surface area is 120 Å². The minimum absolute atomic E-state index is 0.0152. The van der Waals surface area contributed by atoms with Gasteiger partial charge < -0.3 is 15.3 Å². The molecule has 0 atom stereocenters. The molecule has 2 rings (SSSR count). The topological polar surface area (TPSA) is 111 Å². The number of furan rings is 1. The predicted molar refractivity (Wildman–Crippen MR) is 74.0 cm³/mol. The number of hydrogen-bond donors (Lipinski definition) is 2. The van der Waals surface area contributed by atoms with Crippen molar-refractivity contribution >= 4 is 23.2 Å². The van der Waals surface area contributed by atoms with Crippen molar-refractivity contribution in [2.24, 2.45) is 0 Å². The van der Waals surface area contributed by atoms with Crippen molar-refractivity contribution in [2.45, 2.75) is 12.8 Å². The number of Topliss-reactive ketones (excluding diaryl/α,β-unsaturated/α-hetero) is 2. The van der Waals surface area contributed by atoms with E-state index in [9.17, 15) is 14.4 Å². The average molecular weight is 287 g/mol. The molecule has 6 heteroatoms. The first-order valence-corrected chi connectivity index (χ1v) is 6.17. The molecule has 3 N–H and O–H groups in total. The van der Waals surface area contributed by atoms with Gasteiger partial charge in [-0.3, -0.25) is 9.59 Å². The van der Waals surface area contributed by atoms with Crippen LogP contribution in [0, 0.1) is 0 Å². The maximum absolute atomic E-state index is 11.9. The van der Waals surface area contributed by atoms with Gasteiger partial charge in [0.15, 0.2) is 5.76 Å². The molecular formula is C15H13NO5. The molecule has 1 heterocycles. The van der Waals surface area contributed by atoms with Gasteiger partial charge in [-0.15, -0.1) is 0 Å². The van der Waals surface area contributed by atoms with E-state index < -0.39 is 24.0 Å². The van der Waals surface area contributed by atoms with Gasteiger partial charge in [-0.1, -0.05) is 12.1 Å². The zero-order chi connectivity index (χ0) is 15.4. The zero-order valence-electron chi connectivity index (χ0n) is 11.0. The first-order valence-electron chi connectivity index (χ1n) is 6.17. The lowest BCUT2D eigenvalue weighted by Crippen LogP contribution is -2.17. The van der Waals surface area contributed by atoms with Gasteiger partial charge in [0.25, 0.3) is 0 Å². The Bertz CT molecular complexity index is 684. The van der Waals surface area contributed by atoms with Crippen LogP contribution in [0.4, 0.5) is 5.69 Å². The molecule has 0 fully saturated rings. The van der Waals surface area contributed by atoms with Crippen LogP contribution >= 0.6 is 0 Å². The second kappa shape index (κ2) is 6.04. The van der Waals surface area contributed by atoms with Gasteiger partial charge in [-0.25, -0.2) is 4.79 Å². The molecule has 0 amide bonds. The van der Waals surface area contributed by atoms with E-state index in [4.69, 9.17) is 15.3 Å². The van der Waals surface area contributed by atoms with Crippen LogP contribution in [0.1, 0.15) is 28.1 Å². The largest absolute Gasteiger partial charge is 0.475 e. The molecule has 21 heavy (non-hydrogen) atoms. The maximum Gasteiger partial charge on any atom is 0.372 e. The van der Waals surface area contributed by atoms with Crippen LogP contribution in [0.2, 0.25) is 0 Å². The first-order chi connectivity index (χ1) is 9.97. The highest BCUT2D eigenvalue weighted by Gasteiger charge is 2.22. The molecule has 1 aromatic heterocycles. The second-order valence-corrected chi connectivity index (χ2v) is 4.52. The predicted octanol–water partition coefficient (Wildman–Crippen LogP) is 1.68. The Morgan fingerprint density at radius 2 is 1.76 bits per heavy atom. The summed E-state index contributed by atoms with van der Waals surface area (Å²) in [6.07, 6.45) is 1.06. The summed E-state index contributed by atoms with van der Waals surface area (Å²) in [6.45, 7) is 0. The Hall–Kier alpha value is -2.89. The van der Waals surface area contributed by atoms with Crippen molar-refractivity contribution < 1.29 is 23.9 Å². The van der Waals surface area contributed by atoms with Gasteiger partial charge in [-0.2, -0.15) is 0 Å². The molecule has 0 radical (unpaired) electrons. The van der Waals surface area contributed by atoms with Gasteiger partial charge in [0.1, 0.15) is 0 Å². The number of ketones is 2. The van der Waals surface area contributed by atoms with Crippen LogP contribution < -0.4 is 5.73 Å². The molecule has 2 aromatic rings. The highest BCUT2D eigenvalue weighted by Crippen LogP contribution is 2.18. The number of carboxylic acid groups (broad SMARTS) is 1. The molecule has 0 unspecified atom stereocenters. The average Bonchev–Trinajstić information content (AvgIpc) is 2.89. The normalized spacial score (nSPS) is 10.3. The van der Waals surface area contributed by atoms with Crippen molar-refractivity contribution in [1.29, 1.82) is 0 Å². The van der Waals surface area contributed by atoms with Crippen LogP contribution in [-0.2, 0) is 16.0 Å². The quantitative estimate of drug-likeness (QED) is 0.362. The number of carbonyl (C=O) groups is 3. The Morgan fingerprint density at radius 1 is 1.10 bits per heavy atom. The van der Waals surface area contributed by atoms with Gasteiger partial charge in [0.05, 0.1) is 12.7 Å². The molecule has 0 saturated carbocycles. The molecule has 0 aliphatic heterocycles. The first kappa shape index (κ1) is 14.5. The molecule has 1 aromatic carbocycles. The smallest absolute Gasteiger partial charge is 0.372 e. The van der Waals surface area contributed by atoms with E-state index in [0.717, 1.165) is 5.56 Å². The molecule has 6 nitrogen and oxygen atoms in total. The van der Waals surface area contributed by atoms with Gasteiger partial charge in [0, 0.05) is 17.7 Å². The lowest BCUT2D eigenvalue weighted by molar-refractivity contribution is -0.148. The minimum Gasteiger partial charge on any atom is -0.475 e. The van der Waals surface area contributed by atoms with Gasteiger partial charge in [0.2, 0.25) is 11.6 Å². The summed E-state index contributed by atoms with van der Waals surface area (Å²) in [5, 5.41) is 8.51. The third-order valence-electron chi connectivity index (χ3n) is 2.93. The maximum atomic E-state index is 11.9. The standard InChI is InChI=1S/C15H13NO5/c16-11-3-1-9(2-4-11)7-10-5-6-21-14(10)12(17)8-13(18)15(19)20/h1-6H,7-8,16H2,(H,19,20). The van der Waals surface area contributed by atoms with E-state index >= 15 is 0 Å². The number of rotatable bonds is 6. The number of nitrogen functional groups attached to an aromatic ring is 1. The summed E-state index contributed by atoms with van der Waals surface area (Å²) in [6, 6.07) is 8.74. The van der Waals surface area contributed by atoms with E-state index in [-0.39, 0.29) is 5.76 Å². The summed E-state index contributed by atoms with van der Waals surface area (Å²) in [5.74, 6) is -3.41. The summed E-state index contributed by atoms with van der Waals surface area (Å²) in [4.78, 5) is 33.4. The number of nitrogens with two attached hydrogens (primary N) is 1. The third kappa shape index (κ3) is 3.56. The Morgan fingerprint density at radius 3 is 2.38 bits per heavy atom. The number of anilines is 1. The summed E-state index contributed by atoms with van der Waals surface area (Å²) >= 11 is 0. The monoisotopic (exact) mass is 287 g/mol. The van der Waals surface area contributed by atoms with Gasteiger partial charge in [-0.05, 0) is 23.8 Å².